The molecular formula is C9H9ClF2O. The Morgan fingerprint density at radius 2 is 2.15 bits per heavy atom. The highest BCUT2D eigenvalue weighted by Gasteiger charge is 2.09. The van der Waals surface area contributed by atoms with Gasteiger partial charge in [0.05, 0.1) is 5.88 Å². The van der Waals surface area contributed by atoms with Crippen molar-refractivity contribution in [2.75, 3.05) is 0 Å². The number of alkyl halides is 3. The van der Waals surface area contributed by atoms with E-state index in [4.69, 9.17) is 11.6 Å². The van der Waals surface area contributed by atoms with E-state index in [9.17, 15) is 8.78 Å². The first-order chi connectivity index (χ1) is 6.15. The van der Waals surface area contributed by atoms with Gasteiger partial charge in [0.1, 0.15) is 5.75 Å². The van der Waals surface area contributed by atoms with Gasteiger partial charge in [-0.3, -0.25) is 0 Å². The van der Waals surface area contributed by atoms with Crippen LogP contribution < -0.4 is 4.74 Å². The van der Waals surface area contributed by atoms with Crippen LogP contribution in [0.15, 0.2) is 18.2 Å². The maximum Gasteiger partial charge on any atom is 0.387 e. The smallest absolute Gasteiger partial charge is 0.387 e. The van der Waals surface area contributed by atoms with Crippen LogP contribution >= 0.6 is 11.6 Å². The summed E-state index contributed by atoms with van der Waals surface area (Å²) in [5.74, 6) is 0.333. The van der Waals surface area contributed by atoms with Crippen molar-refractivity contribution in [3.8, 4) is 5.75 Å². The van der Waals surface area contributed by atoms with Gasteiger partial charge in [-0.1, -0.05) is 12.1 Å². The van der Waals surface area contributed by atoms with Gasteiger partial charge in [-0.25, -0.2) is 0 Å². The summed E-state index contributed by atoms with van der Waals surface area (Å²) in [6, 6.07) is 4.94. The van der Waals surface area contributed by atoms with Crippen molar-refractivity contribution in [1.29, 1.82) is 0 Å². The summed E-state index contributed by atoms with van der Waals surface area (Å²) in [6.07, 6.45) is 0. The molecule has 4 heteroatoms. The number of halogens is 3. The van der Waals surface area contributed by atoms with E-state index < -0.39 is 6.61 Å². The predicted molar refractivity (Wildman–Crippen MR) is 47.4 cm³/mol. The molecule has 13 heavy (non-hydrogen) atoms. The molecule has 0 N–H and O–H groups in total. The van der Waals surface area contributed by atoms with Crippen molar-refractivity contribution in [3.63, 3.8) is 0 Å². The minimum atomic E-state index is -2.80. The molecule has 1 aromatic carbocycles. The van der Waals surface area contributed by atoms with E-state index in [-0.39, 0.29) is 11.6 Å². The zero-order chi connectivity index (χ0) is 9.84. The molecule has 0 spiro atoms. The maximum atomic E-state index is 11.9. The minimum absolute atomic E-state index is 0.157. The molecule has 72 valence electrons. The Hall–Kier alpha value is -0.830. The lowest BCUT2D eigenvalue weighted by molar-refractivity contribution is -0.0503. The molecule has 0 atom stereocenters. The number of rotatable bonds is 3. The first-order valence-electron chi connectivity index (χ1n) is 3.74. The molecule has 0 saturated heterocycles. The Kier molecular flexibility index (Phi) is 3.48. The van der Waals surface area contributed by atoms with E-state index in [0.29, 0.717) is 5.56 Å². The van der Waals surface area contributed by atoms with Crippen LogP contribution in [0.5, 0.6) is 5.75 Å². The van der Waals surface area contributed by atoms with Crippen LogP contribution in [0, 0.1) is 6.92 Å². The number of aryl methyl sites for hydroxylation is 1. The molecule has 0 amide bonds. The van der Waals surface area contributed by atoms with Crippen LogP contribution in [-0.2, 0) is 5.88 Å². The second-order valence-corrected chi connectivity index (χ2v) is 2.83. The lowest BCUT2D eigenvalue weighted by Gasteiger charge is -2.10. The summed E-state index contributed by atoms with van der Waals surface area (Å²) in [7, 11) is 0. The quantitative estimate of drug-likeness (QED) is 0.690. The SMILES string of the molecule is Cc1cccc(OC(F)F)c1CCl. The van der Waals surface area contributed by atoms with E-state index >= 15 is 0 Å². The molecule has 0 bridgehead atoms. The molecule has 1 nitrogen and oxygen atoms in total. The molecule has 1 aromatic rings. The average molecular weight is 207 g/mol. The van der Waals surface area contributed by atoms with Crippen LogP contribution in [-0.4, -0.2) is 6.61 Å². The molecule has 0 heterocycles. The Morgan fingerprint density at radius 1 is 1.46 bits per heavy atom. The zero-order valence-corrected chi connectivity index (χ0v) is 7.81. The van der Waals surface area contributed by atoms with Gasteiger partial charge in [0, 0.05) is 5.56 Å². The molecule has 0 aliphatic carbocycles. The topological polar surface area (TPSA) is 9.23 Å². The summed E-state index contributed by atoms with van der Waals surface area (Å²) >= 11 is 5.60. The van der Waals surface area contributed by atoms with E-state index in [1.54, 1.807) is 19.1 Å². The van der Waals surface area contributed by atoms with Gasteiger partial charge in [0.2, 0.25) is 0 Å². The van der Waals surface area contributed by atoms with Crippen LogP contribution in [0.4, 0.5) is 8.78 Å². The molecule has 0 aliphatic rings. The highest BCUT2D eigenvalue weighted by Crippen LogP contribution is 2.25. The lowest BCUT2D eigenvalue weighted by Crippen LogP contribution is -2.04. The second-order valence-electron chi connectivity index (χ2n) is 2.56. The standard InChI is InChI=1S/C9H9ClF2O/c1-6-3-2-4-8(7(6)5-10)13-9(11)12/h2-4,9H,5H2,1H3. The third-order valence-corrected chi connectivity index (χ3v) is 1.98. The molecule has 0 aliphatic heterocycles. The molecule has 0 aromatic heterocycles. The summed E-state index contributed by atoms with van der Waals surface area (Å²) in [5, 5.41) is 0. The Morgan fingerprint density at radius 3 is 2.69 bits per heavy atom. The third-order valence-electron chi connectivity index (χ3n) is 1.72. The van der Waals surface area contributed by atoms with Crippen molar-refractivity contribution < 1.29 is 13.5 Å². The number of benzene rings is 1. The fourth-order valence-electron chi connectivity index (χ4n) is 1.05. The first kappa shape index (κ1) is 10.3. The fraction of sp³-hybridized carbons (Fsp3) is 0.333. The largest absolute Gasteiger partial charge is 0.434 e. The van der Waals surface area contributed by atoms with Gasteiger partial charge in [0.15, 0.2) is 0 Å². The van der Waals surface area contributed by atoms with Gasteiger partial charge in [-0.15, -0.1) is 11.6 Å². The van der Waals surface area contributed by atoms with Crippen LogP contribution in [0.1, 0.15) is 11.1 Å². The van der Waals surface area contributed by atoms with Gasteiger partial charge in [-0.05, 0) is 18.6 Å². The van der Waals surface area contributed by atoms with Gasteiger partial charge in [0.25, 0.3) is 0 Å². The summed E-state index contributed by atoms with van der Waals surface area (Å²) in [5.41, 5.74) is 1.47. The van der Waals surface area contributed by atoms with E-state index in [1.165, 1.54) is 6.07 Å². The average Bonchev–Trinajstić information content (AvgIpc) is 2.03. The molecule has 0 radical (unpaired) electrons. The Bertz CT molecular complexity index is 289. The summed E-state index contributed by atoms with van der Waals surface area (Å²) < 4.78 is 28.1. The molecule has 0 fully saturated rings. The van der Waals surface area contributed by atoms with Crippen molar-refractivity contribution in [2.45, 2.75) is 19.4 Å². The van der Waals surface area contributed by atoms with Crippen LogP contribution in [0.25, 0.3) is 0 Å². The fourth-order valence-corrected chi connectivity index (χ4v) is 1.40. The lowest BCUT2D eigenvalue weighted by atomic mass is 10.1. The van der Waals surface area contributed by atoms with E-state index in [0.717, 1.165) is 5.56 Å². The minimum Gasteiger partial charge on any atom is -0.434 e. The number of hydrogen-bond donors (Lipinski definition) is 0. The highest BCUT2D eigenvalue weighted by molar-refractivity contribution is 6.17. The van der Waals surface area contributed by atoms with Crippen LogP contribution in [0.3, 0.4) is 0 Å². The van der Waals surface area contributed by atoms with Crippen molar-refractivity contribution in [1.82, 2.24) is 0 Å². The molecule has 0 unspecified atom stereocenters. The third kappa shape index (κ3) is 2.56. The monoisotopic (exact) mass is 206 g/mol. The molecular weight excluding hydrogens is 198 g/mol. The molecule has 0 saturated carbocycles. The van der Waals surface area contributed by atoms with Gasteiger partial charge in [-0.2, -0.15) is 8.78 Å². The zero-order valence-electron chi connectivity index (χ0n) is 7.06. The summed E-state index contributed by atoms with van der Waals surface area (Å²) in [6.45, 7) is -1.00. The van der Waals surface area contributed by atoms with E-state index in [2.05, 4.69) is 4.74 Å². The maximum absolute atomic E-state index is 11.9. The number of hydrogen-bond acceptors (Lipinski definition) is 1. The first-order valence-corrected chi connectivity index (χ1v) is 4.28. The highest BCUT2D eigenvalue weighted by atomic mass is 35.5. The normalized spacial score (nSPS) is 10.5. The molecule has 1 rings (SSSR count). The van der Waals surface area contributed by atoms with Crippen molar-refractivity contribution in [2.24, 2.45) is 0 Å². The van der Waals surface area contributed by atoms with Crippen LogP contribution in [0.2, 0.25) is 0 Å². The number of ether oxygens (including phenoxy) is 1. The van der Waals surface area contributed by atoms with E-state index in [1.807, 2.05) is 0 Å². The predicted octanol–water partition coefficient (Wildman–Crippen LogP) is 3.34. The summed E-state index contributed by atoms with van der Waals surface area (Å²) in [4.78, 5) is 0. The van der Waals surface area contributed by atoms with Gasteiger partial charge >= 0.3 is 6.61 Å². The second kappa shape index (κ2) is 4.42. The van der Waals surface area contributed by atoms with Crippen molar-refractivity contribution >= 4 is 11.6 Å². The van der Waals surface area contributed by atoms with Crippen molar-refractivity contribution in [3.05, 3.63) is 29.3 Å². The Balaban J connectivity index is 2.98. The van der Waals surface area contributed by atoms with Gasteiger partial charge < -0.3 is 4.74 Å². The Labute approximate surface area is 80.3 Å².